The summed E-state index contributed by atoms with van der Waals surface area (Å²) in [6.45, 7) is -1.27. The van der Waals surface area contributed by atoms with Gasteiger partial charge in [0.2, 0.25) is 11.9 Å². The third-order valence-electron chi connectivity index (χ3n) is 7.08. The van der Waals surface area contributed by atoms with E-state index in [1.54, 1.807) is 6.92 Å². The Morgan fingerprint density at radius 1 is 1.10 bits per heavy atom. The van der Waals surface area contributed by atoms with Crippen molar-refractivity contribution in [2.75, 3.05) is 5.32 Å². The van der Waals surface area contributed by atoms with E-state index in [9.17, 15) is 31.1 Å². The van der Waals surface area contributed by atoms with E-state index in [-0.39, 0.29) is 34.8 Å². The van der Waals surface area contributed by atoms with Crippen molar-refractivity contribution in [1.29, 1.82) is 0 Å². The standard InChI is InChI=1S/C26H18F6N8O/c1-25(18-5-8-39(37-18)24(28)29)11-15(16-12-35-20-10-19(27)38-40(20)21(16)25)23(41)36-13-3-4-14(17(9-13)26(30,31)32)22-33-6-2-7-34-22/h2-10,12,15,24H,11H2,1H3,(H,36,41)/t15-,25-/m1/s1. The second-order valence-corrected chi connectivity index (χ2v) is 9.67. The highest BCUT2D eigenvalue weighted by Gasteiger charge is 2.48. The lowest BCUT2D eigenvalue weighted by Crippen LogP contribution is -2.26. The minimum Gasteiger partial charge on any atom is -0.326 e. The van der Waals surface area contributed by atoms with Crippen LogP contribution in [-0.4, -0.2) is 40.3 Å². The summed E-state index contributed by atoms with van der Waals surface area (Å²) < 4.78 is 84.3. The van der Waals surface area contributed by atoms with Crippen molar-refractivity contribution in [2.24, 2.45) is 0 Å². The molecule has 0 aliphatic heterocycles. The molecule has 0 unspecified atom stereocenters. The molecule has 41 heavy (non-hydrogen) atoms. The van der Waals surface area contributed by atoms with Crippen LogP contribution in [0.4, 0.5) is 32.0 Å². The molecule has 5 aromatic rings. The highest BCUT2D eigenvalue weighted by molar-refractivity contribution is 5.97. The fourth-order valence-corrected chi connectivity index (χ4v) is 5.26. The van der Waals surface area contributed by atoms with Crippen LogP contribution in [0.15, 0.2) is 61.2 Å². The molecule has 6 rings (SSSR count). The largest absolute Gasteiger partial charge is 0.417 e. The van der Waals surface area contributed by atoms with Gasteiger partial charge in [-0.3, -0.25) is 4.79 Å². The molecule has 9 nitrogen and oxygen atoms in total. The highest BCUT2D eigenvalue weighted by atomic mass is 19.4. The number of hydrogen-bond acceptors (Lipinski definition) is 6. The molecule has 1 aliphatic carbocycles. The molecular formula is C26H18F6N8O. The number of aromatic nitrogens is 7. The van der Waals surface area contributed by atoms with Crippen molar-refractivity contribution in [2.45, 2.75) is 37.4 Å². The second kappa shape index (κ2) is 9.38. The molecule has 4 heterocycles. The number of fused-ring (bicyclic) bond motifs is 3. The molecule has 0 fully saturated rings. The fraction of sp³-hybridized carbons (Fsp3) is 0.231. The zero-order valence-electron chi connectivity index (χ0n) is 20.9. The third-order valence-corrected chi connectivity index (χ3v) is 7.08. The maximum atomic E-state index is 14.1. The molecular weight excluding hydrogens is 554 g/mol. The molecule has 1 N–H and O–H groups in total. The van der Waals surface area contributed by atoms with Crippen molar-refractivity contribution in [1.82, 2.24) is 34.3 Å². The highest BCUT2D eigenvalue weighted by Crippen LogP contribution is 2.49. The normalized spacial score (nSPS) is 18.7. The first kappa shape index (κ1) is 26.4. The van der Waals surface area contributed by atoms with E-state index in [1.807, 2.05) is 0 Å². The molecule has 210 valence electrons. The summed E-state index contributed by atoms with van der Waals surface area (Å²) in [6, 6.07) is 7.15. The van der Waals surface area contributed by atoms with Crippen molar-refractivity contribution in [3.05, 3.63) is 89.6 Å². The van der Waals surface area contributed by atoms with E-state index in [2.05, 4.69) is 30.5 Å². The Labute approximate surface area is 226 Å². The lowest BCUT2D eigenvalue weighted by Gasteiger charge is -2.23. The molecule has 4 aromatic heterocycles. The Kier molecular flexibility index (Phi) is 6.04. The Hall–Kier alpha value is -4.82. The van der Waals surface area contributed by atoms with Gasteiger partial charge in [0, 0.05) is 47.7 Å². The Bertz CT molecular complexity index is 1780. The van der Waals surface area contributed by atoms with E-state index in [4.69, 9.17) is 0 Å². The summed E-state index contributed by atoms with van der Waals surface area (Å²) in [4.78, 5) is 25.5. The number of halogens is 6. The minimum atomic E-state index is -4.78. The molecule has 1 amide bonds. The van der Waals surface area contributed by atoms with E-state index in [0.29, 0.717) is 15.9 Å². The van der Waals surface area contributed by atoms with Crippen molar-refractivity contribution >= 4 is 17.2 Å². The van der Waals surface area contributed by atoms with Gasteiger partial charge < -0.3 is 5.32 Å². The van der Waals surface area contributed by atoms with Gasteiger partial charge >= 0.3 is 12.7 Å². The minimum absolute atomic E-state index is 0.0290. The van der Waals surface area contributed by atoms with Crippen LogP contribution in [0.25, 0.3) is 17.0 Å². The van der Waals surface area contributed by atoms with Crippen molar-refractivity contribution in [3.63, 3.8) is 0 Å². The number of carbonyl (C=O) groups excluding carboxylic acids is 1. The summed E-state index contributed by atoms with van der Waals surface area (Å²) in [7, 11) is 0. The number of anilines is 1. The lowest BCUT2D eigenvalue weighted by atomic mass is 9.82. The first-order chi connectivity index (χ1) is 19.5. The summed E-state index contributed by atoms with van der Waals surface area (Å²) in [5, 5.41) is 10.3. The third kappa shape index (κ3) is 4.46. The molecule has 0 bridgehead atoms. The predicted octanol–water partition coefficient (Wildman–Crippen LogP) is 5.37. The van der Waals surface area contributed by atoms with Crippen LogP contribution in [0, 0.1) is 5.95 Å². The van der Waals surface area contributed by atoms with Gasteiger partial charge in [0.15, 0.2) is 11.5 Å². The summed E-state index contributed by atoms with van der Waals surface area (Å²) in [5.74, 6) is -2.68. The number of alkyl halides is 5. The summed E-state index contributed by atoms with van der Waals surface area (Å²) in [5.41, 5.74) is -1.76. The molecule has 0 saturated carbocycles. The van der Waals surface area contributed by atoms with Gasteiger partial charge in [0.05, 0.1) is 28.3 Å². The average molecular weight is 572 g/mol. The molecule has 0 radical (unpaired) electrons. The van der Waals surface area contributed by atoms with E-state index in [1.165, 1.54) is 41.3 Å². The number of nitrogens with zero attached hydrogens (tertiary/aromatic N) is 7. The van der Waals surface area contributed by atoms with Gasteiger partial charge in [-0.15, -0.1) is 5.10 Å². The van der Waals surface area contributed by atoms with Crippen LogP contribution in [0.1, 0.15) is 48.3 Å². The first-order valence-corrected chi connectivity index (χ1v) is 12.1. The predicted molar refractivity (Wildman–Crippen MR) is 131 cm³/mol. The first-order valence-electron chi connectivity index (χ1n) is 12.1. The number of rotatable bonds is 5. The SMILES string of the molecule is C[C@]1(c2ccn(C(F)F)n2)C[C@@H](C(=O)Nc2ccc(-c3ncccn3)c(C(F)(F)F)c2)c2cnc3cc(F)nn3c21. The van der Waals surface area contributed by atoms with Crippen LogP contribution in [0.2, 0.25) is 0 Å². The van der Waals surface area contributed by atoms with E-state index in [0.717, 1.165) is 24.4 Å². The number of amides is 1. The van der Waals surface area contributed by atoms with Gasteiger partial charge in [-0.05, 0) is 43.7 Å². The number of hydrogen-bond donors (Lipinski definition) is 1. The van der Waals surface area contributed by atoms with Crippen LogP contribution in [0.5, 0.6) is 0 Å². The van der Waals surface area contributed by atoms with Crippen LogP contribution in [0.3, 0.4) is 0 Å². The summed E-state index contributed by atoms with van der Waals surface area (Å²) in [6.07, 6.45) is 0.246. The Morgan fingerprint density at radius 3 is 2.54 bits per heavy atom. The quantitative estimate of drug-likeness (QED) is 0.284. The van der Waals surface area contributed by atoms with Crippen LogP contribution in [-0.2, 0) is 16.4 Å². The zero-order chi connectivity index (χ0) is 29.1. The molecule has 2 atom stereocenters. The zero-order valence-corrected chi connectivity index (χ0v) is 20.9. The van der Waals surface area contributed by atoms with Gasteiger partial charge in [-0.1, -0.05) is 0 Å². The second-order valence-electron chi connectivity index (χ2n) is 9.67. The van der Waals surface area contributed by atoms with E-state index >= 15 is 0 Å². The molecule has 1 aliphatic rings. The molecule has 0 saturated heterocycles. The Morgan fingerprint density at radius 2 is 1.85 bits per heavy atom. The van der Waals surface area contributed by atoms with Gasteiger partial charge in [-0.2, -0.15) is 31.4 Å². The van der Waals surface area contributed by atoms with E-state index < -0.39 is 41.5 Å². The van der Waals surface area contributed by atoms with Gasteiger partial charge in [-0.25, -0.2) is 24.1 Å². The number of carbonyl (C=O) groups is 1. The number of benzene rings is 1. The molecule has 15 heteroatoms. The maximum absolute atomic E-state index is 14.1. The molecule has 0 spiro atoms. The lowest BCUT2D eigenvalue weighted by molar-refractivity contribution is -0.137. The Balaban J connectivity index is 1.40. The summed E-state index contributed by atoms with van der Waals surface area (Å²) >= 11 is 0. The average Bonchev–Trinajstić information content (AvgIpc) is 3.64. The monoisotopic (exact) mass is 572 g/mol. The van der Waals surface area contributed by atoms with Crippen molar-refractivity contribution in [3.8, 4) is 11.4 Å². The smallest absolute Gasteiger partial charge is 0.326 e. The van der Waals surface area contributed by atoms with Crippen LogP contribution >= 0.6 is 0 Å². The molecule has 1 aromatic carbocycles. The van der Waals surface area contributed by atoms with Crippen molar-refractivity contribution < 1.29 is 31.1 Å². The van der Waals surface area contributed by atoms with Crippen LogP contribution < -0.4 is 5.32 Å². The van der Waals surface area contributed by atoms with Gasteiger partial charge in [0.1, 0.15) is 0 Å². The number of nitrogens with one attached hydrogen (secondary N) is 1. The van der Waals surface area contributed by atoms with Gasteiger partial charge in [0.25, 0.3) is 0 Å². The maximum Gasteiger partial charge on any atom is 0.417 e. The topological polar surface area (TPSA) is 103 Å². The fourth-order valence-electron chi connectivity index (χ4n) is 5.26.